The third-order valence-corrected chi connectivity index (χ3v) is 5.94. The van der Waals surface area contributed by atoms with Gasteiger partial charge < -0.3 is 14.8 Å². The Kier molecular flexibility index (Phi) is 12.5. The van der Waals surface area contributed by atoms with Crippen LogP contribution in [0.3, 0.4) is 0 Å². The second-order valence-electron chi connectivity index (χ2n) is 10.4. The highest BCUT2D eigenvalue weighted by Crippen LogP contribution is 2.21. The van der Waals surface area contributed by atoms with E-state index in [1.807, 2.05) is 69.3 Å². The summed E-state index contributed by atoms with van der Waals surface area (Å²) in [5.41, 5.74) is 2.18. The minimum Gasteiger partial charge on any atom is -0.444 e. The standard InChI is InChI=1S/C22H32N4O3.C7H5N.ClH/c1-22(2,3)29-21(27)24-9-4-10-25-13-19-15-26(16-20(14-25)28-19)12-18-7-5-17(11-23)6-8-18;8-6-7-4-2-1-3-5-7;/h5-8,19-20H,4,9-10,12-16H2,1-3H3,(H,24,27);1-5H;1H. The van der Waals surface area contributed by atoms with Crippen LogP contribution in [0.5, 0.6) is 0 Å². The van der Waals surface area contributed by atoms with Gasteiger partial charge in [0.2, 0.25) is 0 Å². The number of carbonyl (C=O) groups is 1. The minimum atomic E-state index is -0.463. The second-order valence-corrected chi connectivity index (χ2v) is 10.4. The molecule has 2 unspecified atom stereocenters. The zero-order valence-electron chi connectivity index (χ0n) is 22.4. The summed E-state index contributed by atoms with van der Waals surface area (Å²) in [6.45, 7) is 11.7. The average Bonchev–Trinajstić information content (AvgIpc) is 2.86. The number of nitrogens with one attached hydrogen (secondary N) is 1. The lowest BCUT2D eigenvalue weighted by molar-refractivity contribution is -0.140. The van der Waals surface area contributed by atoms with Crippen LogP contribution < -0.4 is 5.32 Å². The second kappa shape index (κ2) is 15.3. The first kappa shape index (κ1) is 31.1. The van der Waals surface area contributed by atoms with Gasteiger partial charge in [-0.15, -0.1) is 12.4 Å². The van der Waals surface area contributed by atoms with Crippen molar-refractivity contribution in [2.75, 3.05) is 39.3 Å². The highest BCUT2D eigenvalue weighted by Gasteiger charge is 2.34. The SMILES string of the molecule is CC(C)(C)OC(=O)NCCCN1CC2CN(Cc3ccc(C#N)cc3)CC(C1)O2.Cl.N#Cc1ccccc1. The van der Waals surface area contributed by atoms with E-state index in [0.717, 1.165) is 45.7 Å². The summed E-state index contributed by atoms with van der Waals surface area (Å²) in [7, 11) is 0. The number of hydrogen-bond donors (Lipinski definition) is 1. The summed E-state index contributed by atoms with van der Waals surface area (Å²) < 4.78 is 11.4. The summed E-state index contributed by atoms with van der Waals surface area (Å²) in [6.07, 6.45) is 0.988. The zero-order chi connectivity index (χ0) is 26.7. The Labute approximate surface area is 232 Å². The van der Waals surface area contributed by atoms with E-state index in [4.69, 9.17) is 20.0 Å². The molecule has 2 aliphatic heterocycles. The number of carbonyl (C=O) groups excluding carboxylic acids is 1. The smallest absolute Gasteiger partial charge is 0.407 e. The summed E-state index contributed by atoms with van der Waals surface area (Å²) in [5.74, 6) is 0. The van der Waals surface area contributed by atoms with Crippen LogP contribution in [0.15, 0.2) is 54.6 Å². The first-order valence-electron chi connectivity index (χ1n) is 12.8. The molecule has 38 heavy (non-hydrogen) atoms. The van der Waals surface area contributed by atoms with E-state index < -0.39 is 5.60 Å². The predicted octanol–water partition coefficient (Wildman–Crippen LogP) is 4.34. The Bertz CT molecular complexity index is 1060. The Morgan fingerprint density at radius 2 is 1.50 bits per heavy atom. The van der Waals surface area contributed by atoms with Gasteiger partial charge in [0.15, 0.2) is 0 Å². The van der Waals surface area contributed by atoms with Crippen molar-refractivity contribution >= 4 is 18.5 Å². The monoisotopic (exact) mass is 539 g/mol. The fourth-order valence-corrected chi connectivity index (χ4v) is 4.44. The lowest BCUT2D eigenvalue weighted by Crippen LogP contribution is -2.59. The molecule has 2 saturated heterocycles. The van der Waals surface area contributed by atoms with Crippen molar-refractivity contribution in [3.63, 3.8) is 0 Å². The molecule has 2 aromatic rings. The Hall–Kier alpha value is -3.14. The highest BCUT2D eigenvalue weighted by molar-refractivity contribution is 5.85. The zero-order valence-corrected chi connectivity index (χ0v) is 23.2. The summed E-state index contributed by atoms with van der Waals surface area (Å²) in [4.78, 5) is 16.6. The molecule has 9 heteroatoms. The summed E-state index contributed by atoms with van der Waals surface area (Å²) >= 11 is 0. The van der Waals surface area contributed by atoms with Gasteiger partial charge in [-0.1, -0.05) is 30.3 Å². The molecule has 2 atom stereocenters. The van der Waals surface area contributed by atoms with E-state index in [1.165, 1.54) is 5.56 Å². The molecule has 0 radical (unpaired) electrons. The number of ether oxygens (including phenoxy) is 2. The first-order chi connectivity index (χ1) is 17.7. The Morgan fingerprint density at radius 3 is 2.03 bits per heavy atom. The van der Waals surface area contributed by atoms with Crippen molar-refractivity contribution in [2.24, 2.45) is 0 Å². The van der Waals surface area contributed by atoms with Crippen LogP contribution in [0.2, 0.25) is 0 Å². The molecular formula is C29H38ClN5O3. The molecule has 1 amide bonds. The predicted molar refractivity (Wildman–Crippen MR) is 149 cm³/mol. The van der Waals surface area contributed by atoms with Crippen LogP contribution in [0.25, 0.3) is 0 Å². The van der Waals surface area contributed by atoms with Crippen molar-refractivity contribution in [1.29, 1.82) is 10.5 Å². The van der Waals surface area contributed by atoms with E-state index in [2.05, 4.69) is 21.2 Å². The van der Waals surface area contributed by atoms with Crippen molar-refractivity contribution < 1.29 is 14.3 Å². The number of nitriles is 2. The molecule has 0 spiro atoms. The van der Waals surface area contributed by atoms with Crippen molar-refractivity contribution in [3.8, 4) is 12.1 Å². The molecule has 2 heterocycles. The van der Waals surface area contributed by atoms with Gasteiger partial charge in [0.25, 0.3) is 0 Å². The summed E-state index contributed by atoms with van der Waals surface area (Å²) in [6, 6.07) is 21.2. The third-order valence-electron chi connectivity index (χ3n) is 5.94. The van der Waals surface area contributed by atoms with Crippen LogP contribution in [0.1, 0.15) is 43.9 Å². The fraction of sp³-hybridized carbons (Fsp3) is 0.483. The minimum absolute atomic E-state index is 0. The van der Waals surface area contributed by atoms with Crippen molar-refractivity contribution in [2.45, 2.75) is 51.5 Å². The molecule has 0 saturated carbocycles. The normalized spacial score (nSPS) is 19.0. The fourth-order valence-electron chi connectivity index (χ4n) is 4.44. The highest BCUT2D eigenvalue weighted by atomic mass is 35.5. The number of morpholine rings is 2. The molecule has 204 valence electrons. The number of hydrogen-bond acceptors (Lipinski definition) is 7. The van der Waals surface area contributed by atoms with Crippen LogP contribution in [0, 0.1) is 22.7 Å². The van der Waals surface area contributed by atoms with Crippen LogP contribution >= 0.6 is 12.4 Å². The number of halogens is 1. The van der Waals surface area contributed by atoms with Gasteiger partial charge in [-0.2, -0.15) is 10.5 Å². The van der Waals surface area contributed by atoms with Gasteiger partial charge in [-0.05, 0) is 57.0 Å². The third kappa shape index (κ3) is 11.1. The topological polar surface area (TPSA) is 102 Å². The van der Waals surface area contributed by atoms with Gasteiger partial charge in [-0.3, -0.25) is 9.80 Å². The molecule has 0 aromatic heterocycles. The number of fused-ring (bicyclic) bond motifs is 2. The van der Waals surface area contributed by atoms with Crippen molar-refractivity contribution in [1.82, 2.24) is 15.1 Å². The van der Waals surface area contributed by atoms with Gasteiger partial charge in [0.1, 0.15) is 5.60 Å². The van der Waals surface area contributed by atoms with E-state index in [9.17, 15) is 4.79 Å². The largest absolute Gasteiger partial charge is 0.444 e. The molecule has 4 rings (SSSR count). The molecule has 2 aliphatic rings. The number of rotatable bonds is 6. The van der Waals surface area contributed by atoms with Gasteiger partial charge in [-0.25, -0.2) is 4.79 Å². The Balaban J connectivity index is 0.000000482. The van der Waals surface area contributed by atoms with Crippen LogP contribution in [-0.4, -0.2) is 73.0 Å². The lowest BCUT2D eigenvalue weighted by atomic mass is 10.1. The Morgan fingerprint density at radius 1 is 0.947 bits per heavy atom. The maximum Gasteiger partial charge on any atom is 0.407 e. The molecule has 0 aliphatic carbocycles. The maximum atomic E-state index is 11.7. The molecule has 2 bridgehead atoms. The first-order valence-corrected chi connectivity index (χ1v) is 12.8. The van der Waals surface area contributed by atoms with Gasteiger partial charge in [0, 0.05) is 45.8 Å². The van der Waals surface area contributed by atoms with Crippen LogP contribution in [0.4, 0.5) is 4.79 Å². The molecular weight excluding hydrogens is 502 g/mol. The maximum absolute atomic E-state index is 11.7. The van der Waals surface area contributed by atoms with E-state index in [1.54, 1.807) is 12.1 Å². The van der Waals surface area contributed by atoms with E-state index in [-0.39, 0.29) is 30.7 Å². The molecule has 2 fully saturated rings. The summed E-state index contributed by atoms with van der Waals surface area (Å²) in [5, 5.41) is 20.0. The van der Waals surface area contributed by atoms with E-state index >= 15 is 0 Å². The molecule has 8 nitrogen and oxygen atoms in total. The lowest BCUT2D eigenvalue weighted by Gasteiger charge is -2.46. The molecule has 2 aromatic carbocycles. The van der Waals surface area contributed by atoms with E-state index in [0.29, 0.717) is 17.7 Å². The van der Waals surface area contributed by atoms with Gasteiger partial charge >= 0.3 is 6.09 Å². The number of nitrogens with zero attached hydrogens (tertiary/aromatic N) is 4. The van der Waals surface area contributed by atoms with Crippen LogP contribution in [-0.2, 0) is 16.0 Å². The van der Waals surface area contributed by atoms with Crippen molar-refractivity contribution in [3.05, 3.63) is 71.3 Å². The quantitative estimate of drug-likeness (QED) is 0.545. The molecule has 1 N–H and O–H groups in total. The number of benzene rings is 2. The number of amides is 1. The average molecular weight is 540 g/mol. The number of alkyl carbamates (subject to hydrolysis) is 1. The van der Waals surface area contributed by atoms with Gasteiger partial charge in [0.05, 0.1) is 35.5 Å².